The Bertz CT molecular complexity index is 629. The van der Waals surface area contributed by atoms with E-state index in [1.165, 1.54) is 0 Å². The molecule has 0 bridgehead atoms. The molecule has 3 nitrogen and oxygen atoms in total. The number of nitriles is 1. The number of aryl methyl sites for hydroxylation is 2. The molecular formula is C14H12BrN3. The van der Waals surface area contributed by atoms with Crippen molar-refractivity contribution in [3.63, 3.8) is 0 Å². The Morgan fingerprint density at radius 3 is 2.72 bits per heavy atom. The minimum Gasteiger partial charge on any atom is -0.354 e. The maximum absolute atomic E-state index is 9.18. The lowest BCUT2D eigenvalue weighted by atomic mass is 10.1. The number of pyridine rings is 1. The van der Waals surface area contributed by atoms with Gasteiger partial charge in [0.15, 0.2) is 0 Å². The Balaban J connectivity index is 2.43. The first-order chi connectivity index (χ1) is 8.60. The van der Waals surface area contributed by atoms with E-state index in [0.717, 1.165) is 27.2 Å². The number of hydrogen-bond acceptors (Lipinski definition) is 3. The lowest BCUT2D eigenvalue weighted by molar-refractivity contribution is 1.11. The molecule has 1 aromatic carbocycles. The van der Waals surface area contributed by atoms with Gasteiger partial charge >= 0.3 is 0 Å². The summed E-state index contributed by atoms with van der Waals surface area (Å²) in [6, 6.07) is 11.9. The molecule has 0 aliphatic carbocycles. The van der Waals surface area contributed by atoms with Gasteiger partial charge in [-0.05, 0) is 38.1 Å². The summed E-state index contributed by atoms with van der Waals surface area (Å²) in [7, 11) is 0. The predicted molar refractivity (Wildman–Crippen MR) is 75.9 cm³/mol. The lowest BCUT2D eigenvalue weighted by Gasteiger charge is -2.11. The van der Waals surface area contributed by atoms with Crippen molar-refractivity contribution < 1.29 is 0 Å². The first-order valence-corrected chi connectivity index (χ1v) is 6.30. The lowest BCUT2D eigenvalue weighted by Crippen LogP contribution is -1.99. The second kappa shape index (κ2) is 5.19. The Hall–Kier alpha value is -1.86. The molecule has 0 saturated carbocycles. The van der Waals surface area contributed by atoms with Crippen molar-refractivity contribution in [2.45, 2.75) is 13.8 Å². The third kappa shape index (κ3) is 2.69. The van der Waals surface area contributed by atoms with E-state index in [2.05, 4.69) is 32.3 Å². The zero-order valence-corrected chi connectivity index (χ0v) is 11.7. The van der Waals surface area contributed by atoms with Crippen molar-refractivity contribution in [1.82, 2.24) is 4.98 Å². The SMILES string of the molecule is Cc1cc(Nc2cccc(Br)c2)c(C#N)c(C)n1. The maximum atomic E-state index is 9.18. The van der Waals surface area contributed by atoms with E-state index >= 15 is 0 Å². The van der Waals surface area contributed by atoms with Crippen LogP contribution in [0.2, 0.25) is 0 Å². The highest BCUT2D eigenvalue weighted by molar-refractivity contribution is 9.10. The fourth-order valence-electron chi connectivity index (χ4n) is 1.79. The van der Waals surface area contributed by atoms with Crippen LogP contribution in [0, 0.1) is 25.2 Å². The van der Waals surface area contributed by atoms with Crippen LogP contribution in [-0.2, 0) is 0 Å². The molecule has 4 heteroatoms. The Kier molecular flexibility index (Phi) is 3.63. The van der Waals surface area contributed by atoms with Crippen molar-refractivity contribution in [2.75, 3.05) is 5.32 Å². The highest BCUT2D eigenvalue weighted by Gasteiger charge is 2.08. The van der Waals surface area contributed by atoms with Gasteiger partial charge in [-0.15, -0.1) is 0 Å². The van der Waals surface area contributed by atoms with Gasteiger partial charge in [-0.3, -0.25) is 4.98 Å². The summed E-state index contributed by atoms with van der Waals surface area (Å²) in [5, 5.41) is 12.4. The van der Waals surface area contributed by atoms with E-state index in [-0.39, 0.29) is 0 Å². The monoisotopic (exact) mass is 301 g/mol. The number of anilines is 2. The second-order valence-corrected chi connectivity index (χ2v) is 4.93. The van der Waals surface area contributed by atoms with Gasteiger partial charge in [0.25, 0.3) is 0 Å². The van der Waals surface area contributed by atoms with Gasteiger partial charge in [0, 0.05) is 15.9 Å². The minimum atomic E-state index is 0.584. The highest BCUT2D eigenvalue weighted by Crippen LogP contribution is 2.24. The zero-order valence-electron chi connectivity index (χ0n) is 10.2. The Morgan fingerprint density at radius 1 is 1.28 bits per heavy atom. The fraction of sp³-hybridized carbons (Fsp3) is 0.143. The van der Waals surface area contributed by atoms with Crippen molar-refractivity contribution in [1.29, 1.82) is 5.26 Å². The van der Waals surface area contributed by atoms with Gasteiger partial charge < -0.3 is 5.32 Å². The molecule has 0 saturated heterocycles. The molecule has 0 fully saturated rings. The van der Waals surface area contributed by atoms with E-state index in [4.69, 9.17) is 0 Å². The summed E-state index contributed by atoms with van der Waals surface area (Å²) in [6.07, 6.45) is 0. The molecule has 18 heavy (non-hydrogen) atoms. The number of hydrogen-bond donors (Lipinski definition) is 1. The molecule has 1 heterocycles. The smallest absolute Gasteiger partial charge is 0.103 e. The standard InChI is InChI=1S/C14H12BrN3/c1-9-6-14(13(8-16)10(2)17-9)18-12-5-3-4-11(15)7-12/h3-7H,1-2H3,(H,17,18). The number of aromatic nitrogens is 1. The van der Waals surface area contributed by atoms with E-state index in [1.807, 2.05) is 44.2 Å². The van der Waals surface area contributed by atoms with Crippen LogP contribution in [-0.4, -0.2) is 4.98 Å². The van der Waals surface area contributed by atoms with Crippen LogP contribution < -0.4 is 5.32 Å². The normalized spacial score (nSPS) is 9.89. The number of nitrogens with zero attached hydrogens (tertiary/aromatic N) is 2. The summed E-state index contributed by atoms with van der Waals surface area (Å²) in [4.78, 5) is 4.29. The molecule has 90 valence electrons. The van der Waals surface area contributed by atoms with Crippen LogP contribution in [0.1, 0.15) is 17.0 Å². The van der Waals surface area contributed by atoms with Crippen molar-refractivity contribution in [2.24, 2.45) is 0 Å². The number of benzene rings is 1. The second-order valence-electron chi connectivity index (χ2n) is 4.02. The summed E-state index contributed by atoms with van der Waals surface area (Å²) in [5.41, 5.74) is 3.95. The maximum Gasteiger partial charge on any atom is 0.103 e. The van der Waals surface area contributed by atoms with Crippen LogP contribution in [0.3, 0.4) is 0 Å². The molecule has 0 atom stereocenters. The van der Waals surface area contributed by atoms with Crippen molar-refractivity contribution >= 4 is 27.3 Å². The molecule has 0 unspecified atom stereocenters. The summed E-state index contributed by atoms with van der Waals surface area (Å²) in [5.74, 6) is 0. The van der Waals surface area contributed by atoms with Gasteiger partial charge in [0.1, 0.15) is 6.07 Å². The predicted octanol–water partition coefficient (Wildman–Crippen LogP) is 4.08. The molecule has 2 aromatic rings. The van der Waals surface area contributed by atoms with Crippen LogP contribution >= 0.6 is 15.9 Å². The summed E-state index contributed by atoms with van der Waals surface area (Å²) in [6.45, 7) is 3.76. The Morgan fingerprint density at radius 2 is 2.06 bits per heavy atom. The molecule has 0 spiro atoms. The van der Waals surface area contributed by atoms with Gasteiger partial charge in [-0.2, -0.15) is 5.26 Å². The molecule has 1 aromatic heterocycles. The third-order valence-electron chi connectivity index (χ3n) is 2.54. The molecule has 0 radical (unpaired) electrons. The molecule has 0 aliphatic rings. The first kappa shape index (κ1) is 12.6. The highest BCUT2D eigenvalue weighted by atomic mass is 79.9. The van der Waals surface area contributed by atoms with Gasteiger partial charge in [0.05, 0.1) is 16.9 Å². The Labute approximate surface area is 115 Å². The minimum absolute atomic E-state index is 0.584. The average molecular weight is 302 g/mol. The molecule has 2 rings (SSSR count). The topological polar surface area (TPSA) is 48.7 Å². The molecule has 1 N–H and O–H groups in total. The number of nitrogens with one attached hydrogen (secondary N) is 1. The number of rotatable bonds is 2. The average Bonchev–Trinajstić information content (AvgIpc) is 2.28. The van der Waals surface area contributed by atoms with E-state index in [9.17, 15) is 5.26 Å². The molecule has 0 amide bonds. The van der Waals surface area contributed by atoms with Crippen LogP contribution in [0.4, 0.5) is 11.4 Å². The van der Waals surface area contributed by atoms with Crippen molar-refractivity contribution in [3.05, 3.63) is 51.8 Å². The third-order valence-corrected chi connectivity index (χ3v) is 3.04. The van der Waals surface area contributed by atoms with Crippen LogP contribution in [0.15, 0.2) is 34.8 Å². The number of halogens is 1. The van der Waals surface area contributed by atoms with E-state index in [0.29, 0.717) is 5.56 Å². The largest absolute Gasteiger partial charge is 0.354 e. The van der Waals surface area contributed by atoms with Crippen molar-refractivity contribution in [3.8, 4) is 6.07 Å². The van der Waals surface area contributed by atoms with Crippen LogP contribution in [0.25, 0.3) is 0 Å². The zero-order chi connectivity index (χ0) is 13.1. The van der Waals surface area contributed by atoms with Crippen LogP contribution in [0.5, 0.6) is 0 Å². The first-order valence-electron chi connectivity index (χ1n) is 5.51. The fourth-order valence-corrected chi connectivity index (χ4v) is 2.19. The van der Waals surface area contributed by atoms with Gasteiger partial charge in [0.2, 0.25) is 0 Å². The van der Waals surface area contributed by atoms with Gasteiger partial charge in [-0.25, -0.2) is 0 Å². The van der Waals surface area contributed by atoms with E-state index < -0.39 is 0 Å². The molecule has 0 aliphatic heterocycles. The summed E-state index contributed by atoms with van der Waals surface area (Å²) < 4.78 is 0.994. The van der Waals surface area contributed by atoms with Gasteiger partial charge in [-0.1, -0.05) is 22.0 Å². The van der Waals surface area contributed by atoms with E-state index in [1.54, 1.807) is 0 Å². The summed E-state index contributed by atoms with van der Waals surface area (Å²) >= 11 is 3.42. The molecular weight excluding hydrogens is 290 g/mol. The quantitative estimate of drug-likeness (QED) is 0.909.